The average molecular weight is 371 g/mol. The van der Waals surface area contributed by atoms with Crippen molar-refractivity contribution in [1.82, 2.24) is 4.98 Å². The molecule has 4 atom stereocenters. The van der Waals surface area contributed by atoms with E-state index in [1.165, 1.54) is 25.7 Å². The van der Waals surface area contributed by atoms with Gasteiger partial charge in [0.25, 0.3) is 0 Å². The summed E-state index contributed by atoms with van der Waals surface area (Å²) in [6.07, 6.45) is 8.30. The molecule has 1 saturated heterocycles. The first kappa shape index (κ1) is 16.7. The SMILES string of the molecule is O=C(CC1CC2CCC1C2)N(CC1CCCO1)c1nc2ccccc2s1. The van der Waals surface area contributed by atoms with Crippen LogP contribution in [0.15, 0.2) is 24.3 Å². The summed E-state index contributed by atoms with van der Waals surface area (Å²) in [6.45, 7) is 1.47. The maximum Gasteiger partial charge on any atom is 0.229 e. The molecule has 2 aliphatic carbocycles. The molecule has 3 aliphatic rings. The minimum Gasteiger partial charge on any atom is -0.376 e. The monoisotopic (exact) mass is 370 g/mol. The smallest absolute Gasteiger partial charge is 0.229 e. The van der Waals surface area contributed by atoms with Crippen molar-refractivity contribution in [3.63, 3.8) is 0 Å². The zero-order chi connectivity index (χ0) is 17.5. The van der Waals surface area contributed by atoms with E-state index in [2.05, 4.69) is 6.07 Å². The Hall–Kier alpha value is -1.46. The Morgan fingerprint density at radius 1 is 1.23 bits per heavy atom. The summed E-state index contributed by atoms with van der Waals surface area (Å²) in [5.41, 5.74) is 0.984. The topological polar surface area (TPSA) is 42.4 Å². The highest BCUT2D eigenvalue weighted by atomic mass is 32.1. The number of anilines is 1. The number of ether oxygens (including phenoxy) is 1. The molecule has 4 unspecified atom stereocenters. The minimum atomic E-state index is 0.158. The number of nitrogens with zero attached hydrogens (tertiary/aromatic N) is 2. The van der Waals surface area contributed by atoms with Crippen LogP contribution in [-0.4, -0.2) is 30.1 Å². The zero-order valence-corrected chi connectivity index (χ0v) is 15.9. The lowest BCUT2D eigenvalue weighted by atomic mass is 9.86. The van der Waals surface area contributed by atoms with Gasteiger partial charge in [-0.05, 0) is 62.0 Å². The van der Waals surface area contributed by atoms with E-state index in [-0.39, 0.29) is 12.0 Å². The standard InChI is InChI=1S/C21H26N2O2S/c24-20(12-16-11-14-7-8-15(16)10-14)23(13-17-4-3-9-25-17)21-22-18-5-1-2-6-19(18)26-21/h1-2,5-6,14-17H,3-4,7-13H2. The van der Waals surface area contributed by atoms with Crippen LogP contribution in [0.4, 0.5) is 5.13 Å². The van der Waals surface area contributed by atoms with Gasteiger partial charge in [-0.25, -0.2) is 4.98 Å². The van der Waals surface area contributed by atoms with Crippen LogP contribution in [0, 0.1) is 17.8 Å². The van der Waals surface area contributed by atoms with Crippen molar-refractivity contribution >= 4 is 32.6 Å². The second-order valence-corrected chi connectivity index (χ2v) is 9.25. The highest BCUT2D eigenvalue weighted by Gasteiger charge is 2.41. The molecule has 2 heterocycles. The summed E-state index contributed by atoms with van der Waals surface area (Å²) in [7, 11) is 0. The van der Waals surface area contributed by atoms with Crippen LogP contribution in [0.1, 0.15) is 44.9 Å². The molecular weight excluding hydrogens is 344 g/mol. The van der Waals surface area contributed by atoms with E-state index in [1.807, 2.05) is 23.1 Å². The van der Waals surface area contributed by atoms with Crippen molar-refractivity contribution in [1.29, 1.82) is 0 Å². The van der Waals surface area contributed by atoms with Crippen LogP contribution in [-0.2, 0) is 9.53 Å². The summed E-state index contributed by atoms with van der Waals surface area (Å²) in [4.78, 5) is 20.0. The lowest BCUT2D eigenvalue weighted by Crippen LogP contribution is -2.38. The van der Waals surface area contributed by atoms with E-state index in [0.717, 1.165) is 46.6 Å². The summed E-state index contributed by atoms with van der Waals surface area (Å²) in [5, 5.41) is 0.842. The van der Waals surface area contributed by atoms with Gasteiger partial charge in [0, 0.05) is 13.0 Å². The number of carbonyl (C=O) groups excluding carboxylic acids is 1. The predicted octanol–water partition coefficient (Wildman–Crippen LogP) is 4.63. The van der Waals surface area contributed by atoms with Crippen LogP contribution in [0.3, 0.4) is 0 Å². The summed E-state index contributed by atoms with van der Waals surface area (Å²) in [5.74, 6) is 2.50. The number of amides is 1. The van der Waals surface area contributed by atoms with Gasteiger partial charge in [-0.2, -0.15) is 0 Å². The molecule has 2 saturated carbocycles. The maximum atomic E-state index is 13.3. The first-order valence-electron chi connectivity index (χ1n) is 10.0. The largest absolute Gasteiger partial charge is 0.376 e. The zero-order valence-electron chi connectivity index (χ0n) is 15.1. The Bertz CT molecular complexity index is 765. The van der Waals surface area contributed by atoms with Crippen LogP contribution in [0.5, 0.6) is 0 Å². The summed E-state index contributed by atoms with van der Waals surface area (Å²) >= 11 is 1.63. The van der Waals surface area contributed by atoms with Gasteiger partial charge in [-0.1, -0.05) is 29.9 Å². The Morgan fingerprint density at radius 3 is 2.88 bits per heavy atom. The molecule has 1 aliphatic heterocycles. The predicted molar refractivity (Wildman–Crippen MR) is 105 cm³/mol. The molecule has 26 heavy (non-hydrogen) atoms. The van der Waals surface area contributed by atoms with Crippen molar-refractivity contribution in [3.8, 4) is 0 Å². The third-order valence-electron chi connectivity index (χ3n) is 6.55. The van der Waals surface area contributed by atoms with Gasteiger partial charge in [0.2, 0.25) is 5.91 Å². The van der Waals surface area contributed by atoms with Gasteiger partial charge >= 0.3 is 0 Å². The lowest BCUT2D eigenvalue weighted by Gasteiger charge is -2.27. The summed E-state index contributed by atoms with van der Waals surface area (Å²) < 4.78 is 6.98. The van der Waals surface area contributed by atoms with E-state index >= 15 is 0 Å². The van der Waals surface area contributed by atoms with Gasteiger partial charge in [0.15, 0.2) is 5.13 Å². The molecule has 138 valence electrons. The Kier molecular flexibility index (Phi) is 4.45. The first-order chi connectivity index (χ1) is 12.8. The van der Waals surface area contributed by atoms with Gasteiger partial charge in [0.1, 0.15) is 0 Å². The minimum absolute atomic E-state index is 0.158. The fourth-order valence-corrected chi connectivity index (χ4v) is 6.21. The lowest BCUT2D eigenvalue weighted by molar-refractivity contribution is -0.120. The van der Waals surface area contributed by atoms with E-state index in [9.17, 15) is 4.79 Å². The highest BCUT2D eigenvalue weighted by Crippen LogP contribution is 2.49. The number of aromatic nitrogens is 1. The van der Waals surface area contributed by atoms with Gasteiger partial charge in [-0.15, -0.1) is 0 Å². The molecule has 1 aromatic carbocycles. The summed E-state index contributed by atoms with van der Waals surface area (Å²) in [6, 6.07) is 8.15. The van der Waals surface area contributed by atoms with Crippen LogP contribution >= 0.6 is 11.3 Å². The molecule has 4 nitrogen and oxygen atoms in total. The Morgan fingerprint density at radius 2 is 2.15 bits per heavy atom. The third kappa shape index (κ3) is 3.16. The molecule has 0 N–H and O–H groups in total. The van der Waals surface area contributed by atoms with Crippen molar-refractivity contribution in [2.24, 2.45) is 17.8 Å². The molecule has 5 heteroatoms. The number of para-hydroxylation sites is 1. The molecule has 0 radical (unpaired) electrons. The van der Waals surface area contributed by atoms with Crippen LogP contribution in [0.2, 0.25) is 0 Å². The molecular formula is C21H26N2O2S. The number of hydrogen-bond donors (Lipinski definition) is 0. The first-order valence-corrected chi connectivity index (χ1v) is 10.9. The molecule has 0 spiro atoms. The maximum absolute atomic E-state index is 13.3. The van der Waals surface area contributed by atoms with Crippen LogP contribution < -0.4 is 4.90 Å². The van der Waals surface area contributed by atoms with Crippen molar-refractivity contribution in [2.75, 3.05) is 18.1 Å². The molecule has 1 aromatic heterocycles. The van der Waals surface area contributed by atoms with E-state index < -0.39 is 0 Å². The van der Waals surface area contributed by atoms with E-state index in [1.54, 1.807) is 11.3 Å². The molecule has 2 aromatic rings. The van der Waals surface area contributed by atoms with Gasteiger partial charge < -0.3 is 4.74 Å². The number of thiazole rings is 1. The van der Waals surface area contributed by atoms with E-state index in [4.69, 9.17) is 9.72 Å². The Balaban J connectivity index is 1.38. The second kappa shape index (κ2) is 6.93. The average Bonchev–Trinajstić information content (AvgIpc) is 3.42. The third-order valence-corrected chi connectivity index (χ3v) is 7.61. The molecule has 2 bridgehead atoms. The molecule has 3 fully saturated rings. The second-order valence-electron chi connectivity index (χ2n) is 8.24. The fourth-order valence-electron chi connectivity index (χ4n) is 5.22. The number of benzene rings is 1. The quantitative estimate of drug-likeness (QED) is 0.770. The van der Waals surface area contributed by atoms with Crippen molar-refractivity contribution in [3.05, 3.63) is 24.3 Å². The molecule has 1 amide bonds. The number of fused-ring (bicyclic) bond motifs is 3. The number of rotatable bonds is 5. The number of carbonyl (C=O) groups is 1. The molecule has 5 rings (SSSR count). The fraction of sp³-hybridized carbons (Fsp3) is 0.619. The van der Waals surface area contributed by atoms with Crippen LogP contribution in [0.25, 0.3) is 10.2 Å². The normalized spacial score (nSPS) is 30.3. The Labute approximate surface area is 158 Å². The number of hydrogen-bond acceptors (Lipinski definition) is 4. The van der Waals surface area contributed by atoms with Crippen molar-refractivity contribution in [2.45, 2.75) is 51.0 Å². The highest BCUT2D eigenvalue weighted by molar-refractivity contribution is 7.22. The van der Waals surface area contributed by atoms with E-state index in [0.29, 0.717) is 18.9 Å². The van der Waals surface area contributed by atoms with Gasteiger partial charge in [-0.3, -0.25) is 9.69 Å². The van der Waals surface area contributed by atoms with Gasteiger partial charge in [0.05, 0.1) is 22.9 Å². The van der Waals surface area contributed by atoms with Crippen molar-refractivity contribution < 1.29 is 9.53 Å².